The van der Waals surface area contributed by atoms with E-state index in [9.17, 15) is 4.79 Å². The van der Waals surface area contributed by atoms with Gasteiger partial charge in [-0.05, 0) is 31.2 Å². The number of hydrogen-bond donors (Lipinski definition) is 1. The number of nitrogens with two attached hydrogens (primary N) is 1. The first-order chi connectivity index (χ1) is 10.3. The van der Waals surface area contributed by atoms with Crippen LogP contribution in [0, 0.1) is 5.92 Å². The van der Waals surface area contributed by atoms with Gasteiger partial charge in [-0.1, -0.05) is 49.6 Å². The van der Waals surface area contributed by atoms with Gasteiger partial charge < -0.3 is 10.6 Å². The average Bonchev–Trinajstić information content (AvgIpc) is 2.91. The second-order valence-electron chi connectivity index (χ2n) is 6.51. The Balaban J connectivity index is 1.76. The van der Waals surface area contributed by atoms with E-state index in [0.29, 0.717) is 5.91 Å². The molecule has 2 fully saturated rings. The zero-order chi connectivity index (χ0) is 14.7. The van der Waals surface area contributed by atoms with Crippen LogP contribution in [0.2, 0.25) is 0 Å². The van der Waals surface area contributed by atoms with Crippen molar-refractivity contribution in [2.45, 2.75) is 57.0 Å². The van der Waals surface area contributed by atoms with Gasteiger partial charge in [0.2, 0.25) is 5.91 Å². The highest BCUT2D eigenvalue weighted by molar-refractivity contribution is 5.80. The number of nitrogens with zero attached hydrogens (tertiary/aromatic N) is 1. The molecule has 21 heavy (non-hydrogen) atoms. The zero-order valence-electron chi connectivity index (χ0n) is 12.7. The van der Waals surface area contributed by atoms with Crippen LogP contribution in [0.25, 0.3) is 0 Å². The maximum Gasteiger partial charge on any atom is 0.227 e. The monoisotopic (exact) mass is 286 g/mol. The van der Waals surface area contributed by atoms with Crippen molar-refractivity contribution in [3.05, 3.63) is 35.9 Å². The van der Waals surface area contributed by atoms with Crippen molar-refractivity contribution in [3.63, 3.8) is 0 Å². The molecular formula is C18H26N2O. The fraction of sp³-hybridized carbons (Fsp3) is 0.611. The molecule has 2 N–H and O–H groups in total. The predicted octanol–water partition coefficient (Wildman–Crippen LogP) is 3.26. The third kappa shape index (κ3) is 3.13. The van der Waals surface area contributed by atoms with Gasteiger partial charge in [-0.15, -0.1) is 0 Å². The molecule has 1 aliphatic heterocycles. The summed E-state index contributed by atoms with van der Waals surface area (Å²) >= 11 is 0. The van der Waals surface area contributed by atoms with E-state index in [1.54, 1.807) is 0 Å². The summed E-state index contributed by atoms with van der Waals surface area (Å²) in [5.41, 5.74) is 7.55. The SMILES string of the molecule is NC1CCCCCC1C(=O)N1CCCC1c1ccccc1. The smallest absolute Gasteiger partial charge is 0.227 e. The molecule has 3 atom stereocenters. The van der Waals surface area contributed by atoms with Gasteiger partial charge in [0.15, 0.2) is 0 Å². The number of carbonyl (C=O) groups excluding carboxylic acids is 1. The fourth-order valence-corrected chi connectivity index (χ4v) is 3.91. The van der Waals surface area contributed by atoms with E-state index in [-0.39, 0.29) is 18.0 Å². The Hall–Kier alpha value is -1.35. The summed E-state index contributed by atoms with van der Waals surface area (Å²) in [6.45, 7) is 0.890. The van der Waals surface area contributed by atoms with E-state index in [0.717, 1.165) is 38.6 Å². The molecule has 3 nitrogen and oxygen atoms in total. The van der Waals surface area contributed by atoms with Gasteiger partial charge in [0, 0.05) is 12.6 Å². The van der Waals surface area contributed by atoms with Gasteiger partial charge in [-0.25, -0.2) is 0 Å². The van der Waals surface area contributed by atoms with E-state index >= 15 is 0 Å². The van der Waals surface area contributed by atoms with Crippen molar-refractivity contribution in [1.82, 2.24) is 4.90 Å². The molecule has 0 bridgehead atoms. The number of likely N-dealkylation sites (tertiary alicyclic amines) is 1. The summed E-state index contributed by atoms with van der Waals surface area (Å²) < 4.78 is 0. The molecule has 114 valence electrons. The van der Waals surface area contributed by atoms with Gasteiger partial charge >= 0.3 is 0 Å². The number of rotatable bonds is 2. The topological polar surface area (TPSA) is 46.3 Å². The molecule has 1 aliphatic carbocycles. The maximum absolute atomic E-state index is 13.0. The minimum absolute atomic E-state index is 0.0387. The second kappa shape index (κ2) is 6.61. The molecule has 1 saturated heterocycles. The molecule has 0 radical (unpaired) electrons. The second-order valence-corrected chi connectivity index (χ2v) is 6.51. The summed E-state index contributed by atoms with van der Waals surface area (Å²) in [7, 11) is 0. The number of amides is 1. The van der Waals surface area contributed by atoms with Crippen LogP contribution in [0.1, 0.15) is 56.6 Å². The highest BCUT2D eigenvalue weighted by Gasteiger charge is 2.36. The van der Waals surface area contributed by atoms with Gasteiger partial charge in [0.05, 0.1) is 12.0 Å². The van der Waals surface area contributed by atoms with E-state index in [1.807, 2.05) is 6.07 Å². The molecule has 0 aromatic heterocycles. The van der Waals surface area contributed by atoms with Crippen LogP contribution in [0.3, 0.4) is 0 Å². The van der Waals surface area contributed by atoms with Crippen molar-refractivity contribution < 1.29 is 4.79 Å². The van der Waals surface area contributed by atoms with Gasteiger partial charge in [0.25, 0.3) is 0 Å². The summed E-state index contributed by atoms with van der Waals surface area (Å²) in [6, 6.07) is 10.8. The minimum atomic E-state index is 0.0387. The van der Waals surface area contributed by atoms with Crippen molar-refractivity contribution in [2.24, 2.45) is 11.7 Å². The average molecular weight is 286 g/mol. The van der Waals surface area contributed by atoms with E-state index in [4.69, 9.17) is 5.73 Å². The molecular weight excluding hydrogens is 260 g/mol. The maximum atomic E-state index is 13.0. The number of carbonyl (C=O) groups is 1. The Kier molecular flexibility index (Phi) is 4.59. The Labute approximate surface area is 127 Å². The van der Waals surface area contributed by atoms with Crippen LogP contribution in [0.5, 0.6) is 0 Å². The van der Waals surface area contributed by atoms with Gasteiger partial charge in [-0.3, -0.25) is 4.79 Å². The molecule has 1 heterocycles. The predicted molar refractivity (Wildman–Crippen MR) is 84.7 cm³/mol. The number of hydrogen-bond acceptors (Lipinski definition) is 2. The normalized spacial score (nSPS) is 30.1. The van der Waals surface area contributed by atoms with Crippen LogP contribution in [-0.2, 0) is 4.79 Å². The molecule has 0 spiro atoms. The minimum Gasteiger partial charge on any atom is -0.335 e. The first-order valence-corrected chi connectivity index (χ1v) is 8.38. The van der Waals surface area contributed by atoms with Crippen LogP contribution in [0.4, 0.5) is 0 Å². The van der Waals surface area contributed by atoms with E-state index in [1.165, 1.54) is 18.4 Å². The van der Waals surface area contributed by atoms with Gasteiger partial charge in [-0.2, -0.15) is 0 Å². The lowest BCUT2D eigenvalue weighted by Crippen LogP contribution is -2.43. The first-order valence-electron chi connectivity index (χ1n) is 8.38. The molecule has 3 unspecified atom stereocenters. The van der Waals surface area contributed by atoms with Gasteiger partial charge in [0.1, 0.15) is 0 Å². The summed E-state index contributed by atoms with van der Waals surface area (Å²) in [5.74, 6) is 0.340. The van der Waals surface area contributed by atoms with Crippen molar-refractivity contribution in [2.75, 3.05) is 6.54 Å². The van der Waals surface area contributed by atoms with Crippen LogP contribution in [0.15, 0.2) is 30.3 Å². The summed E-state index contributed by atoms with van der Waals surface area (Å²) in [4.78, 5) is 15.1. The molecule has 3 rings (SSSR count). The lowest BCUT2D eigenvalue weighted by atomic mass is 9.93. The Bertz CT molecular complexity index is 473. The molecule has 1 amide bonds. The first kappa shape index (κ1) is 14.6. The highest BCUT2D eigenvalue weighted by Crippen LogP contribution is 2.35. The van der Waals surface area contributed by atoms with E-state index in [2.05, 4.69) is 29.2 Å². The Morgan fingerprint density at radius 2 is 1.76 bits per heavy atom. The van der Waals surface area contributed by atoms with E-state index < -0.39 is 0 Å². The number of benzene rings is 1. The summed E-state index contributed by atoms with van der Waals surface area (Å²) in [6.07, 6.45) is 7.70. The molecule has 1 saturated carbocycles. The lowest BCUT2D eigenvalue weighted by Gasteiger charge is -2.31. The van der Waals surface area contributed by atoms with Crippen LogP contribution in [-0.4, -0.2) is 23.4 Å². The standard InChI is InChI=1S/C18H26N2O/c19-16-11-6-2-5-10-15(16)18(21)20-13-7-12-17(20)14-8-3-1-4-9-14/h1,3-4,8-9,15-17H,2,5-7,10-13,19H2. The zero-order valence-corrected chi connectivity index (χ0v) is 12.7. The van der Waals surface area contributed by atoms with Crippen molar-refractivity contribution in [3.8, 4) is 0 Å². The van der Waals surface area contributed by atoms with Crippen molar-refractivity contribution >= 4 is 5.91 Å². The quantitative estimate of drug-likeness (QED) is 0.848. The third-order valence-corrected chi connectivity index (χ3v) is 5.11. The van der Waals surface area contributed by atoms with Crippen molar-refractivity contribution in [1.29, 1.82) is 0 Å². The molecule has 2 aliphatic rings. The lowest BCUT2D eigenvalue weighted by molar-refractivity contribution is -0.137. The fourth-order valence-electron chi connectivity index (χ4n) is 3.91. The highest BCUT2D eigenvalue weighted by atomic mass is 16.2. The Morgan fingerprint density at radius 3 is 2.57 bits per heavy atom. The molecule has 3 heteroatoms. The Morgan fingerprint density at radius 1 is 1.00 bits per heavy atom. The third-order valence-electron chi connectivity index (χ3n) is 5.11. The summed E-state index contributed by atoms with van der Waals surface area (Å²) in [5, 5.41) is 0. The largest absolute Gasteiger partial charge is 0.335 e. The molecule has 1 aromatic carbocycles. The van der Waals surface area contributed by atoms with Crippen LogP contribution >= 0.6 is 0 Å². The van der Waals surface area contributed by atoms with Crippen LogP contribution < -0.4 is 5.73 Å². The molecule has 1 aromatic rings.